The zero-order valence-corrected chi connectivity index (χ0v) is 9.28. The van der Waals surface area contributed by atoms with Crippen molar-refractivity contribution in [2.24, 2.45) is 0 Å². The van der Waals surface area contributed by atoms with Crippen molar-refractivity contribution in [3.8, 4) is 5.75 Å². The van der Waals surface area contributed by atoms with Crippen molar-refractivity contribution in [2.75, 3.05) is 0 Å². The molecule has 0 aliphatic heterocycles. The molecule has 0 N–H and O–H groups in total. The van der Waals surface area contributed by atoms with E-state index in [9.17, 15) is 22.0 Å². The predicted molar refractivity (Wildman–Crippen MR) is 50.7 cm³/mol. The first-order chi connectivity index (χ1) is 7.35. The molecule has 0 aliphatic rings. The number of rotatable bonds is 3. The zero-order chi connectivity index (χ0) is 12.3. The van der Waals surface area contributed by atoms with E-state index in [4.69, 9.17) is 0 Å². The fourth-order valence-corrected chi connectivity index (χ4v) is 1.75. The first-order valence-corrected chi connectivity index (χ1v) is 5.19. The smallest absolute Gasteiger partial charge is 0.405 e. The summed E-state index contributed by atoms with van der Waals surface area (Å²) in [6, 6.07) is 3.15. The van der Waals surface area contributed by atoms with Gasteiger partial charge in [0.1, 0.15) is 5.75 Å². The summed E-state index contributed by atoms with van der Waals surface area (Å²) >= 11 is 2.85. The van der Waals surface area contributed by atoms with E-state index in [1.807, 2.05) is 0 Å². The van der Waals surface area contributed by atoms with Crippen molar-refractivity contribution >= 4 is 15.9 Å². The van der Waals surface area contributed by atoms with Crippen molar-refractivity contribution in [1.29, 1.82) is 0 Å². The monoisotopic (exact) mass is 304 g/mol. The highest BCUT2D eigenvalue weighted by molar-refractivity contribution is 9.08. The van der Waals surface area contributed by atoms with Crippen LogP contribution in [0.15, 0.2) is 18.2 Å². The van der Waals surface area contributed by atoms with Crippen LogP contribution in [0.3, 0.4) is 0 Å². The fraction of sp³-hybridized carbons (Fsp3) is 0.333. The molecule has 0 saturated heterocycles. The van der Waals surface area contributed by atoms with Gasteiger partial charge >= 0.3 is 6.36 Å². The van der Waals surface area contributed by atoms with Crippen LogP contribution in [-0.2, 0) is 5.33 Å². The number of halogens is 6. The molecule has 0 fully saturated rings. The van der Waals surface area contributed by atoms with Gasteiger partial charge in [0, 0.05) is 16.5 Å². The van der Waals surface area contributed by atoms with E-state index in [0.717, 1.165) is 18.2 Å². The zero-order valence-electron chi connectivity index (χ0n) is 7.69. The molecule has 16 heavy (non-hydrogen) atoms. The van der Waals surface area contributed by atoms with Gasteiger partial charge < -0.3 is 4.74 Å². The molecule has 0 radical (unpaired) electrons. The lowest BCUT2D eigenvalue weighted by Gasteiger charge is -2.14. The minimum absolute atomic E-state index is 0.140. The molecule has 0 amide bonds. The molecule has 0 spiro atoms. The van der Waals surface area contributed by atoms with Gasteiger partial charge in [-0.2, -0.15) is 0 Å². The molecule has 1 nitrogen and oxygen atoms in total. The first-order valence-electron chi connectivity index (χ1n) is 4.07. The fourth-order valence-electron chi connectivity index (χ4n) is 1.15. The van der Waals surface area contributed by atoms with Crippen molar-refractivity contribution < 1.29 is 26.7 Å². The Morgan fingerprint density at radius 1 is 1.25 bits per heavy atom. The van der Waals surface area contributed by atoms with E-state index in [0.29, 0.717) is 0 Å². The van der Waals surface area contributed by atoms with E-state index in [1.54, 1.807) is 0 Å². The Kier molecular flexibility index (Phi) is 4.12. The van der Waals surface area contributed by atoms with Gasteiger partial charge in [-0.1, -0.05) is 28.1 Å². The molecule has 0 saturated carbocycles. The maximum Gasteiger partial charge on any atom is 0.573 e. The summed E-state index contributed by atoms with van der Waals surface area (Å²) in [6.07, 6.45) is -7.73. The van der Waals surface area contributed by atoms with E-state index in [1.165, 1.54) is 0 Å². The Labute approximate surface area is 96.3 Å². The number of alkyl halides is 6. The molecule has 90 valence electrons. The average molecular weight is 305 g/mol. The van der Waals surface area contributed by atoms with E-state index in [-0.39, 0.29) is 10.9 Å². The summed E-state index contributed by atoms with van der Waals surface area (Å²) in [5.41, 5.74) is -0.673. The van der Waals surface area contributed by atoms with Crippen LogP contribution in [0, 0.1) is 0 Å². The summed E-state index contributed by atoms with van der Waals surface area (Å²) in [5.74, 6) is -0.609. The Hall–Kier alpha value is -0.850. The van der Waals surface area contributed by atoms with Gasteiger partial charge in [-0.05, 0) is 6.07 Å². The molecule has 1 aromatic carbocycles. The molecular weight excluding hydrogens is 299 g/mol. The van der Waals surface area contributed by atoms with Crippen molar-refractivity contribution in [3.63, 3.8) is 0 Å². The minimum Gasteiger partial charge on any atom is -0.405 e. The molecular formula is C9H6BrF5O. The highest BCUT2D eigenvalue weighted by Crippen LogP contribution is 2.34. The number of hydrogen-bond acceptors (Lipinski definition) is 1. The number of ether oxygens (including phenoxy) is 1. The second-order valence-corrected chi connectivity index (χ2v) is 3.37. The van der Waals surface area contributed by atoms with Gasteiger partial charge in [0.25, 0.3) is 6.43 Å². The van der Waals surface area contributed by atoms with Crippen LogP contribution in [0.1, 0.15) is 17.6 Å². The normalized spacial score (nSPS) is 11.9. The summed E-state index contributed by atoms with van der Waals surface area (Å²) in [5, 5.41) is -0.140. The molecule has 1 rings (SSSR count). The van der Waals surface area contributed by atoms with E-state index < -0.39 is 24.1 Å². The summed E-state index contributed by atoms with van der Waals surface area (Å²) in [4.78, 5) is 0. The maximum absolute atomic E-state index is 12.5. The van der Waals surface area contributed by atoms with E-state index >= 15 is 0 Å². The van der Waals surface area contributed by atoms with Crippen LogP contribution in [-0.4, -0.2) is 6.36 Å². The van der Waals surface area contributed by atoms with Gasteiger partial charge in [0.05, 0.1) is 0 Å². The first kappa shape index (κ1) is 13.2. The molecule has 0 atom stereocenters. The molecule has 0 aromatic heterocycles. The van der Waals surface area contributed by atoms with Crippen molar-refractivity contribution in [1.82, 2.24) is 0 Å². The average Bonchev–Trinajstić information content (AvgIpc) is 2.14. The minimum atomic E-state index is -4.89. The standard InChI is InChI=1S/C9H6BrF5O/c10-4-6-5(8(11)12)2-1-3-7(6)16-9(13,14)15/h1-3,8H,4H2. The SMILES string of the molecule is FC(F)c1cccc(OC(F)(F)F)c1CBr. The van der Waals surface area contributed by atoms with Crippen molar-refractivity contribution in [3.05, 3.63) is 29.3 Å². The Morgan fingerprint density at radius 2 is 1.88 bits per heavy atom. The third-order valence-corrected chi connectivity index (χ3v) is 2.32. The van der Waals surface area contributed by atoms with Gasteiger partial charge in [-0.25, -0.2) is 8.78 Å². The predicted octanol–water partition coefficient (Wildman–Crippen LogP) is 4.42. The summed E-state index contributed by atoms with van der Waals surface area (Å²) < 4.78 is 64.5. The quantitative estimate of drug-likeness (QED) is 0.593. The van der Waals surface area contributed by atoms with Crippen LogP contribution in [0.4, 0.5) is 22.0 Å². The Balaban J connectivity index is 3.14. The largest absolute Gasteiger partial charge is 0.573 e. The van der Waals surface area contributed by atoms with Gasteiger partial charge in [-0.15, -0.1) is 13.2 Å². The number of hydrogen-bond donors (Lipinski definition) is 0. The second-order valence-electron chi connectivity index (χ2n) is 2.81. The molecule has 0 heterocycles. The lowest BCUT2D eigenvalue weighted by Crippen LogP contribution is -2.18. The summed E-state index contributed by atoms with van der Waals surface area (Å²) in [6.45, 7) is 0. The van der Waals surface area contributed by atoms with Crippen LogP contribution >= 0.6 is 15.9 Å². The van der Waals surface area contributed by atoms with Crippen LogP contribution in [0.2, 0.25) is 0 Å². The second kappa shape index (κ2) is 4.99. The lowest BCUT2D eigenvalue weighted by atomic mass is 10.1. The van der Waals surface area contributed by atoms with Crippen LogP contribution in [0.25, 0.3) is 0 Å². The van der Waals surface area contributed by atoms with Gasteiger partial charge in [0.15, 0.2) is 0 Å². The summed E-state index contributed by atoms with van der Waals surface area (Å²) in [7, 11) is 0. The van der Waals surface area contributed by atoms with Gasteiger partial charge in [0.2, 0.25) is 0 Å². The van der Waals surface area contributed by atoms with E-state index in [2.05, 4.69) is 20.7 Å². The Morgan fingerprint density at radius 3 is 2.31 bits per heavy atom. The molecule has 0 aliphatic carbocycles. The topological polar surface area (TPSA) is 9.23 Å². The molecule has 0 bridgehead atoms. The van der Waals surface area contributed by atoms with Crippen molar-refractivity contribution in [2.45, 2.75) is 18.1 Å². The molecule has 0 unspecified atom stereocenters. The van der Waals surface area contributed by atoms with Crippen LogP contribution in [0.5, 0.6) is 5.75 Å². The highest BCUT2D eigenvalue weighted by atomic mass is 79.9. The van der Waals surface area contributed by atoms with Crippen LogP contribution < -0.4 is 4.74 Å². The van der Waals surface area contributed by atoms with Gasteiger partial charge in [-0.3, -0.25) is 0 Å². The lowest BCUT2D eigenvalue weighted by molar-refractivity contribution is -0.274. The maximum atomic E-state index is 12.5. The molecule has 7 heteroatoms. The third-order valence-electron chi connectivity index (χ3n) is 1.76. The number of benzene rings is 1. The Bertz CT molecular complexity index is 363. The highest BCUT2D eigenvalue weighted by Gasteiger charge is 2.32. The molecule has 1 aromatic rings. The third kappa shape index (κ3) is 3.33.